The second-order valence-corrected chi connectivity index (χ2v) is 9.04. The van der Waals surface area contributed by atoms with Gasteiger partial charge in [-0.1, -0.05) is 26.8 Å². The molecule has 1 N–H and O–H groups in total. The highest BCUT2D eigenvalue weighted by Gasteiger charge is 2.23. The summed E-state index contributed by atoms with van der Waals surface area (Å²) in [5.41, 5.74) is 1.32. The number of thiazole rings is 1. The fourth-order valence-electron chi connectivity index (χ4n) is 3.28. The maximum absolute atomic E-state index is 4.72. The lowest BCUT2D eigenvalue weighted by molar-refractivity contribution is 0.162. The maximum atomic E-state index is 4.72. The molecule has 1 aliphatic heterocycles. The van der Waals surface area contributed by atoms with E-state index in [0.717, 1.165) is 31.9 Å². The largest absolute Gasteiger partial charge is 0.317 e. The molecule has 2 aromatic heterocycles. The van der Waals surface area contributed by atoms with Crippen LogP contribution in [0.2, 0.25) is 0 Å². The molecule has 144 valence electrons. The molecule has 0 bridgehead atoms. The van der Waals surface area contributed by atoms with Gasteiger partial charge in [-0.3, -0.25) is 9.88 Å². The zero-order chi connectivity index (χ0) is 17.7. The summed E-state index contributed by atoms with van der Waals surface area (Å²) in [7, 11) is 0. The second kappa shape index (κ2) is 9.79. The summed E-state index contributed by atoms with van der Waals surface area (Å²) in [6.07, 6.45) is 7.65. The Kier molecular flexibility index (Phi) is 8.02. The predicted molar refractivity (Wildman–Crippen MR) is 112 cm³/mol. The van der Waals surface area contributed by atoms with Gasteiger partial charge < -0.3 is 5.32 Å². The summed E-state index contributed by atoms with van der Waals surface area (Å²) in [5.74, 6) is 0. The molecule has 3 heterocycles. The molecule has 1 aliphatic rings. The third-order valence-electron chi connectivity index (χ3n) is 4.78. The van der Waals surface area contributed by atoms with Crippen LogP contribution in [0.25, 0.3) is 0 Å². The van der Waals surface area contributed by atoms with Gasteiger partial charge in [0.25, 0.3) is 0 Å². The van der Waals surface area contributed by atoms with Crippen molar-refractivity contribution in [3.63, 3.8) is 0 Å². The van der Waals surface area contributed by atoms with E-state index in [1.165, 1.54) is 29.1 Å². The Morgan fingerprint density at radius 2 is 2.00 bits per heavy atom. The Bertz CT molecular complexity index is 645. The fourth-order valence-corrected chi connectivity index (χ4v) is 4.28. The molecular formula is C20H31ClN4S. The predicted octanol–water partition coefficient (Wildman–Crippen LogP) is 4.40. The summed E-state index contributed by atoms with van der Waals surface area (Å²) in [5, 5.41) is 4.75. The third kappa shape index (κ3) is 6.02. The molecular weight excluding hydrogens is 364 g/mol. The lowest BCUT2D eigenvalue weighted by atomic mass is 9.96. The van der Waals surface area contributed by atoms with Crippen LogP contribution in [0.3, 0.4) is 0 Å². The van der Waals surface area contributed by atoms with Crippen molar-refractivity contribution >= 4 is 23.7 Å². The van der Waals surface area contributed by atoms with Crippen LogP contribution in [0.5, 0.6) is 0 Å². The van der Waals surface area contributed by atoms with Crippen molar-refractivity contribution in [2.75, 3.05) is 13.1 Å². The summed E-state index contributed by atoms with van der Waals surface area (Å²) in [6, 6.07) is 6.79. The van der Waals surface area contributed by atoms with Crippen LogP contribution in [0.15, 0.2) is 30.6 Å². The van der Waals surface area contributed by atoms with E-state index in [2.05, 4.69) is 54.3 Å². The van der Waals surface area contributed by atoms with E-state index in [0.29, 0.717) is 6.04 Å². The molecule has 1 fully saturated rings. The second-order valence-electron chi connectivity index (χ2n) is 7.93. The number of nitrogens with one attached hydrogen (secondary N) is 1. The van der Waals surface area contributed by atoms with Gasteiger partial charge in [-0.2, -0.15) is 0 Å². The Balaban J connectivity index is 0.00000243. The highest BCUT2D eigenvalue weighted by molar-refractivity contribution is 7.11. The van der Waals surface area contributed by atoms with Crippen LogP contribution in [-0.4, -0.2) is 34.0 Å². The van der Waals surface area contributed by atoms with E-state index < -0.39 is 0 Å². The molecule has 2 aromatic rings. The zero-order valence-corrected chi connectivity index (χ0v) is 17.7. The fraction of sp³-hybridized carbons (Fsp3) is 0.600. The molecule has 1 unspecified atom stereocenters. The van der Waals surface area contributed by atoms with Crippen LogP contribution in [-0.2, 0) is 18.5 Å². The van der Waals surface area contributed by atoms with Crippen molar-refractivity contribution in [2.45, 2.75) is 64.6 Å². The monoisotopic (exact) mass is 394 g/mol. The molecule has 0 aromatic carbocycles. The highest BCUT2D eigenvalue weighted by Crippen LogP contribution is 2.29. The Hall–Kier alpha value is -1.01. The van der Waals surface area contributed by atoms with Crippen LogP contribution >= 0.6 is 23.7 Å². The highest BCUT2D eigenvalue weighted by atomic mass is 35.5. The SMILES string of the molecule is CC(C)(C)c1cnc(CN(Cc2ccccn2)C2CCCNCC2)s1.Cl. The summed E-state index contributed by atoms with van der Waals surface area (Å²) < 4.78 is 0. The van der Waals surface area contributed by atoms with E-state index in [-0.39, 0.29) is 17.8 Å². The van der Waals surface area contributed by atoms with Gasteiger partial charge in [0.1, 0.15) is 5.01 Å². The first-order valence-electron chi connectivity index (χ1n) is 9.32. The van der Waals surface area contributed by atoms with Crippen molar-refractivity contribution in [3.8, 4) is 0 Å². The van der Waals surface area contributed by atoms with E-state index >= 15 is 0 Å². The molecule has 4 nitrogen and oxygen atoms in total. The first-order valence-corrected chi connectivity index (χ1v) is 10.1. The molecule has 0 aliphatic carbocycles. The van der Waals surface area contributed by atoms with E-state index in [4.69, 9.17) is 4.98 Å². The Morgan fingerprint density at radius 3 is 2.69 bits per heavy atom. The normalized spacial score (nSPS) is 18.4. The molecule has 0 amide bonds. The number of rotatable bonds is 5. The number of hydrogen-bond donors (Lipinski definition) is 1. The van der Waals surface area contributed by atoms with Crippen LogP contribution < -0.4 is 5.32 Å². The van der Waals surface area contributed by atoms with Gasteiger partial charge in [-0.05, 0) is 49.9 Å². The van der Waals surface area contributed by atoms with Crippen molar-refractivity contribution < 1.29 is 0 Å². The minimum absolute atomic E-state index is 0. The molecule has 0 radical (unpaired) electrons. The Morgan fingerprint density at radius 1 is 1.15 bits per heavy atom. The molecule has 1 saturated heterocycles. The molecule has 3 rings (SSSR count). The van der Waals surface area contributed by atoms with Gasteiger partial charge in [-0.15, -0.1) is 23.7 Å². The van der Waals surface area contributed by atoms with Gasteiger partial charge in [0, 0.05) is 29.9 Å². The van der Waals surface area contributed by atoms with E-state index in [1.54, 1.807) is 0 Å². The molecule has 1 atom stereocenters. The number of hydrogen-bond acceptors (Lipinski definition) is 5. The summed E-state index contributed by atoms with van der Waals surface area (Å²) >= 11 is 1.86. The Labute approximate surface area is 167 Å². The number of nitrogens with zero attached hydrogens (tertiary/aromatic N) is 3. The lowest BCUT2D eigenvalue weighted by Gasteiger charge is -2.30. The molecule has 26 heavy (non-hydrogen) atoms. The number of pyridine rings is 1. The minimum Gasteiger partial charge on any atom is -0.317 e. The van der Waals surface area contributed by atoms with Gasteiger partial charge in [0.05, 0.1) is 12.2 Å². The first-order chi connectivity index (χ1) is 12.0. The van der Waals surface area contributed by atoms with Crippen LogP contribution in [0.4, 0.5) is 0 Å². The maximum Gasteiger partial charge on any atom is 0.107 e. The number of aromatic nitrogens is 2. The minimum atomic E-state index is 0. The van der Waals surface area contributed by atoms with E-state index in [1.807, 2.05) is 23.6 Å². The summed E-state index contributed by atoms with van der Waals surface area (Å²) in [4.78, 5) is 13.2. The van der Waals surface area contributed by atoms with E-state index in [9.17, 15) is 0 Å². The van der Waals surface area contributed by atoms with Crippen molar-refractivity contribution in [1.82, 2.24) is 20.2 Å². The first kappa shape index (κ1) is 21.3. The quantitative estimate of drug-likeness (QED) is 0.815. The topological polar surface area (TPSA) is 41.1 Å². The smallest absolute Gasteiger partial charge is 0.107 e. The van der Waals surface area contributed by atoms with Gasteiger partial charge in [0.15, 0.2) is 0 Å². The van der Waals surface area contributed by atoms with Gasteiger partial charge in [0.2, 0.25) is 0 Å². The van der Waals surface area contributed by atoms with Crippen molar-refractivity contribution in [1.29, 1.82) is 0 Å². The standard InChI is InChI=1S/C20H30N4S.ClH/c1-20(2,3)18-13-23-19(25-18)15-24(14-16-7-4-5-11-22-16)17-8-6-10-21-12-9-17;/h4-5,7,11,13,17,21H,6,8-10,12,14-15H2,1-3H3;1H. The average molecular weight is 395 g/mol. The van der Waals surface area contributed by atoms with Crippen molar-refractivity contribution in [3.05, 3.63) is 46.2 Å². The lowest BCUT2D eigenvalue weighted by Crippen LogP contribution is -2.35. The molecule has 0 spiro atoms. The van der Waals surface area contributed by atoms with Crippen molar-refractivity contribution in [2.24, 2.45) is 0 Å². The zero-order valence-electron chi connectivity index (χ0n) is 16.1. The third-order valence-corrected chi connectivity index (χ3v) is 6.19. The van der Waals surface area contributed by atoms with Gasteiger partial charge >= 0.3 is 0 Å². The molecule has 6 heteroatoms. The van der Waals surface area contributed by atoms with Gasteiger partial charge in [-0.25, -0.2) is 4.98 Å². The average Bonchev–Trinajstić information content (AvgIpc) is 2.89. The van der Waals surface area contributed by atoms with Crippen LogP contribution in [0.1, 0.15) is 55.6 Å². The van der Waals surface area contributed by atoms with Crippen LogP contribution in [0, 0.1) is 0 Å². The summed E-state index contributed by atoms with van der Waals surface area (Å²) in [6.45, 7) is 10.8. The number of halogens is 1. The molecule has 0 saturated carbocycles.